The van der Waals surface area contributed by atoms with E-state index >= 15 is 0 Å². The lowest BCUT2D eigenvalue weighted by Gasteiger charge is -2.26. The Hall–Kier alpha value is -0.820. The molecule has 0 saturated carbocycles. The number of nitrogens with zero attached hydrogens (tertiary/aromatic N) is 1. The second-order valence-electron chi connectivity index (χ2n) is 5.12. The van der Waals surface area contributed by atoms with Gasteiger partial charge in [-0.3, -0.25) is 4.90 Å². The molecule has 1 heterocycles. The zero-order chi connectivity index (χ0) is 15.8. The van der Waals surface area contributed by atoms with Gasteiger partial charge in [0, 0.05) is 42.8 Å². The molecule has 0 bridgehead atoms. The van der Waals surface area contributed by atoms with Crippen LogP contribution < -0.4 is 14.8 Å². The molecule has 0 unspecified atom stereocenters. The van der Waals surface area contributed by atoms with Gasteiger partial charge in [0.15, 0.2) is 11.5 Å². The lowest BCUT2D eigenvalue weighted by atomic mass is 10.2. The highest BCUT2D eigenvalue weighted by Crippen LogP contribution is 2.36. The average Bonchev–Trinajstić information content (AvgIpc) is 2.55. The maximum Gasteiger partial charge on any atom is 0.166 e. The molecule has 1 N–H and O–H groups in total. The van der Waals surface area contributed by atoms with Crippen molar-refractivity contribution >= 4 is 15.9 Å². The van der Waals surface area contributed by atoms with Gasteiger partial charge in [-0.05, 0) is 19.1 Å². The first-order chi connectivity index (χ1) is 10.8. The predicted molar refractivity (Wildman–Crippen MR) is 90.8 cm³/mol. The predicted octanol–water partition coefficient (Wildman–Crippen LogP) is 2.28. The molecular formula is C16H25BrN2O3. The first kappa shape index (κ1) is 17.5. The van der Waals surface area contributed by atoms with Gasteiger partial charge in [-0.1, -0.05) is 15.9 Å². The topological polar surface area (TPSA) is 43.0 Å². The SMILES string of the molecule is CCOc1c(OC)ccc(Br)c1CNCCN1CCOCC1. The quantitative estimate of drug-likeness (QED) is 0.709. The number of nitrogens with one attached hydrogen (secondary N) is 1. The highest BCUT2D eigenvalue weighted by atomic mass is 79.9. The van der Waals surface area contributed by atoms with Crippen LogP contribution in [0.25, 0.3) is 0 Å². The van der Waals surface area contributed by atoms with Crippen molar-refractivity contribution in [2.45, 2.75) is 13.5 Å². The molecule has 1 aromatic rings. The fraction of sp³-hybridized carbons (Fsp3) is 0.625. The molecule has 22 heavy (non-hydrogen) atoms. The van der Waals surface area contributed by atoms with Gasteiger partial charge < -0.3 is 19.5 Å². The zero-order valence-corrected chi connectivity index (χ0v) is 14.9. The van der Waals surface area contributed by atoms with Crippen molar-refractivity contribution in [3.63, 3.8) is 0 Å². The maximum absolute atomic E-state index is 5.76. The van der Waals surface area contributed by atoms with Crippen LogP contribution in [0.1, 0.15) is 12.5 Å². The minimum Gasteiger partial charge on any atom is -0.493 e. The summed E-state index contributed by atoms with van der Waals surface area (Å²) in [6.07, 6.45) is 0. The molecule has 1 aromatic carbocycles. The highest BCUT2D eigenvalue weighted by molar-refractivity contribution is 9.10. The Morgan fingerprint density at radius 1 is 1.32 bits per heavy atom. The van der Waals surface area contributed by atoms with E-state index in [-0.39, 0.29) is 0 Å². The van der Waals surface area contributed by atoms with Gasteiger partial charge in [-0.25, -0.2) is 0 Å². The van der Waals surface area contributed by atoms with Gasteiger partial charge in [0.1, 0.15) is 0 Å². The largest absolute Gasteiger partial charge is 0.493 e. The summed E-state index contributed by atoms with van der Waals surface area (Å²) in [6.45, 7) is 9.06. The number of morpholine rings is 1. The molecule has 1 aliphatic heterocycles. The van der Waals surface area contributed by atoms with Crippen LogP contribution in [0.5, 0.6) is 11.5 Å². The lowest BCUT2D eigenvalue weighted by molar-refractivity contribution is 0.0384. The van der Waals surface area contributed by atoms with Gasteiger partial charge in [0.05, 0.1) is 26.9 Å². The molecule has 0 amide bonds. The summed E-state index contributed by atoms with van der Waals surface area (Å²) in [5.41, 5.74) is 1.10. The molecule has 0 spiro atoms. The molecule has 0 aliphatic carbocycles. The first-order valence-corrected chi connectivity index (χ1v) is 8.54. The van der Waals surface area contributed by atoms with Crippen molar-refractivity contribution in [3.8, 4) is 11.5 Å². The number of hydrogen-bond acceptors (Lipinski definition) is 5. The summed E-state index contributed by atoms with van der Waals surface area (Å²) in [6, 6.07) is 3.92. The van der Waals surface area contributed by atoms with E-state index in [1.54, 1.807) is 7.11 Å². The van der Waals surface area contributed by atoms with E-state index in [0.29, 0.717) is 6.61 Å². The summed E-state index contributed by atoms with van der Waals surface area (Å²) in [5.74, 6) is 1.59. The molecule has 1 aliphatic rings. The first-order valence-electron chi connectivity index (χ1n) is 7.75. The Balaban J connectivity index is 1.90. The van der Waals surface area contributed by atoms with Gasteiger partial charge in [-0.15, -0.1) is 0 Å². The van der Waals surface area contributed by atoms with Gasteiger partial charge in [0.2, 0.25) is 0 Å². The third kappa shape index (κ3) is 4.84. The summed E-state index contributed by atoms with van der Waals surface area (Å²) in [5, 5.41) is 3.49. The Labute approximate surface area is 141 Å². The van der Waals surface area contributed by atoms with Crippen LogP contribution in [0, 0.1) is 0 Å². The van der Waals surface area contributed by atoms with E-state index in [0.717, 1.165) is 67.5 Å². The minimum absolute atomic E-state index is 0.619. The second-order valence-corrected chi connectivity index (χ2v) is 5.98. The zero-order valence-electron chi connectivity index (χ0n) is 13.4. The third-order valence-corrected chi connectivity index (χ3v) is 4.43. The van der Waals surface area contributed by atoms with Crippen molar-refractivity contribution in [1.82, 2.24) is 10.2 Å². The maximum atomic E-state index is 5.76. The lowest BCUT2D eigenvalue weighted by Crippen LogP contribution is -2.40. The van der Waals surface area contributed by atoms with E-state index < -0.39 is 0 Å². The second kappa shape index (κ2) is 9.35. The molecule has 5 nitrogen and oxygen atoms in total. The number of benzene rings is 1. The number of ether oxygens (including phenoxy) is 3. The van der Waals surface area contributed by atoms with Gasteiger partial charge in [0.25, 0.3) is 0 Å². The fourth-order valence-electron chi connectivity index (χ4n) is 2.49. The van der Waals surface area contributed by atoms with Crippen molar-refractivity contribution in [1.29, 1.82) is 0 Å². The van der Waals surface area contributed by atoms with Crippen LogP contribution in [-0.2, 0) is 11.3 Å². The normalized spacial score (nSPS) is 15.8. The molecule has 2 rings (SSSR count). The minimum atomic E-state index is 0.619. The Morgan fingerprint density at radius 2 is 2.09 bits per heavy atom. The Bertz CT molecular complexity index is 465. The Morgan fingerprint density at radius 3 is 2.77 bits per heavy atom. The van der Waals surface area contributed by atoms with Crippen LogP contribution in [-0.4, -0.2) is 58.0 Å². The summed E-state index contributed by atoms with van der Waals surface area (Å²) in [7, 11) is 1.67. The number of methoxy groups -OCH3 is 1. The highest BCUT2D eigenvalue weighted by Gasteiger charge is 2.14. The molecule has 6 heteroatoms. The van der Waals surface area contributed by atoms with Crippen LogP contribution in [0.15, 0.2) is 16.6 Å². The molecule has 0 atom stereocenters. The van der Waals surface area contributed by atoms with Crippen LogP contribution >= 0.6 is 15.9 Å². The summed E-state index contributed by atoms with van der Waals surface area (Å²) < 4.78 is 17.6. The molecular weight excluding hydrogens is 348 g/mol. The number of rotatable bonds is 8. The van der Waals surface area contributed by atoms with E-state index in [2.05, 4.69) is 26.1 Å². The number of halogens is 1. The Kier molecular flexibility index (Phi) is 7.45. The van der Waals surface area contributed by atoms with Crippen molar-refractivity contribution in [3.05, 3.63) is 22.2 Å². The van der Waals surface area contributed by atoms with Gasteiger partial charge >= 0.3 is 0 Å². The molecule has 0 radical (unpaired) electrons. The van der Waals surface area contributed by atoms with Crippen LogP contribution in [0.3, 0.4) is 0 Å². The standard InChI is InChI=1S/C16H25BrN2O3/c1-3-22-16-13(14(17)4-5-15(16)20-2)12-18-6-7-19-8-10-21-11-9-19/h4-5,18H,3,6-12H2,1-2H3. The van der Waals surface area contributed by atoms with E-state index in [1.807, 2.05) is 19.1 Å². The average molecular weight is 373 g/mol. The van der Waals surface area contributed by atoms with Crippen molar-refractivity contribution in [2.24, 2.45) is 0 Å². The van der Waals surface area contributed by atoms with Crippen LogP contribution in [0.4, 0.5) is 0 Å². The van der Waals surface area contributed by atoms with Crippen LogP contribution in [0.2, 0.25) is 0 Å². The van der Waals surface area contributed by atoms with E-state index in [4.69, 9.17) is 14.2 Å². The molecule has 1 fully saturated rings. The number of hydrogen-bond donors (Lipinski definition) is 1. The molecule has 1 saturated heterocycles. The van der Waals surface area contributed by atoms with E-state index in [1.165, 1.54) is 0 Å². The summed E-state index contributed by atoms with van der Waals surface area (Å²) in [4.78, 5) is 2.42. The monoisotopic (exact) mass is 372 g/mol. The van der Waals surface area contributed by atoms with Gasteiger partial charge in [-0.2, -0.15) is 0 Å². The van der Waals surface area contributed by atoms with Crippen molar-refractivity contribution < 1.29 is 14.2 Å². The summed E-state index contributed by atoms with van der Waals surface area (Å²) >= 11 is 3.61. The third-order valence-electron chi connectivity index (χ3n) is 3.69. The molecule has 124 valence electrons. The van der Waals surface area contributed by atoms with E-state index in [9.17, 15) is 0 Å². The molecule has 0 aromatic heterocycles. The van der Waals surface area contributed by atoms with Crippen molar-refractivity contribution in [2.75, 3.05) is 53.1 Å². The fourth-order valence-corrected chi connectivity index (χ4v) is 2.94. The smallest absolute Gasteiger partial charge is 0.166 e.